The van der Waals surface area contributed by atoms with E-state index in [2.05, 4.69) is 9.71 Å². The Morgan fingerprint density at radius 1 is 1.45 bits per heavy atom. The van der Waals surface area contributed by atoms with Crippen LogP contribution >= 0.6 is 22.7 Å². The number of nitrogens with zero attached hydrogens (tertiary/aromatic N) is 1. The third kappa shape index (κ3) is 3.20. The summed E-state index contributed by atoms with van der Waals surface area (Å²) in [6, 6.07) is 1.62. The van der Waals surface area contributed by atoms with Gasteiger partial charge in [-0.3, -0.25) is 4.72 Å². The van der Waals surface area contributed by atoms with Gasteiger partial charge in [0.2, 0.25) is 0 Å². The van der Waals surface area contributed by atoms with Gasteiger partial charge < -0.3 is 5.73 Å². The van der Waals surface area contributed by atoms with Gasteiger partial charge in [0.05, 0.1) is 5.69 Å². The van der Waals surface area contributed by atoms with Crippen molar-refractivity contribution in [3.63, 3.8) is 0 Å². The Hall–Kier alpha value is -0.960. The molecule has 20 heavy (non-hydrogen) atoms. The van der Waals surface area contributed by atoms with E-state index in [0.29, 0.717) is 11.7 Å². The van der Waals surface area contributed by atoms with Gasteiger partial charge in [-0.15, -0.1) is 22.7 Å². The molecular formula is C12H17N3O2S3. The van der Waals surface area contributed by atoms with Gasteiger partial charge in [-0.1, -0.05) is 13.8 Å². The molecule has 0 saturated carbocycles. The molecule has 8 heteroatoms. The minimum absolute atomic E-state index is 0.274. The fourth-order valence-electron chi connectivity index (χ4n) is 1.66. The fourth-order valence-corrected chi connectivity index (χ4v) is 5.30. The second-order valence-corrected chi connectivity index (χ2v) is 8.52. The number of nitrogens with two attached hydrogens (primary N) is 1. The first kappa shape index (κ1) is 15.4. The number of thiazole rings is 1. The number of thiophene rings is 1. The predicted molar refractivity (Wildman–Crippen MR) is 84.0 cm³/mol. The van der Waals surface area contributed by atoms with E-state index in [1.165, 1.54) is 22.7 Å². The Labute approximate surface area is 126 Å². The lowest BCUT2D eigenvalue weighted by Gasteiger charge is -2.04. The molecule has 2 heterocycles. The van der Waals surface area contributed by atoms with Crippen molar-refractivity contribution in [1.29, 1.82) is 0 Å². The zero-order chi connectivity index (χ0) is 14.9. The highest BCUT2D eigenvalue weighted by Crippen LogP contribution is 2.29. The SMILES string of the molecule is Cc1sc(CN)cc1S(=O)(=O)Nc1nc(C(C)C)cs1. The summed E-state index contributed by atoms with van der Waals surface area (Å²) in [5, 5.41) is 2.27. The second kappa shape index (κ2) is 5.80. The van der Waals surface area contributed by atoms with Crippen LogP contribution in [0.2, 0.25) is 0 Å². The van der Waals surface area contributed by atoms with E-state index < -0.39 is 10.0 Å². The number of hydrogen-bond donors (Lipinski definition) is 2. The molecule has 0 amide bonds. The molecule has 0 aliphatic rings. The molecule has 2 aromatic heterocycles. The van der Waals surface area contributed by atoms with E-state index in [4.69, 9.17) is 5.73 Å². The summed E-state index contributed by atoms with van der Waals surface area (Å²) in [6.45, 7) is 6.16. The maximum atomic E-state index is 12.4. The number of anilines is 1. The lowest BCUT2D eigenvalue weighted by Crippen LogP contribution is -2.13. The number of hydrogen-bond acceptors (Lipinski definition) is 6. The van der Waals surface area contributed by atoms with Crippen molar-refractivity contribution in [2.24, 2.45) is 5.73 Å². The van der Waals surface area contributed by atoms with Crippen LogP contribution in [0.3, 0.4) is 0 Å². The smallest absolute Gasteiger partial charge is 0.264 e. The van der Waals surface area contributed by atoms with Crippen LogP contribution in [-0.2, 0) is 16.6 Å². The Morgan fingerprint density at radius 3 is 2.65 bits per heavy atom. The van der Waals surface area contributed by atoms with Gasteiger partial charge in [0.25, 0.3) is 10.0 Å². The van der Waals surface area contributed by atoms with Gasteiger partial charge in [-0.05, 0) is 18.9 Å². The molecule has 0 atom stereocenters. The monoisotopic (exact) mass is 331 g/mol. The van der Waals surface area contributed by atoms with Crippen molar-refractivity contribution in [1.82, 2.24) is 4.98 Å². The minimum atomic E-state index is -3.59. The van der Waals surface area contributed by atoms with Crippen LogP contribution in [0.1, 0.15) is 35.2 Å². The van der Waals surface area contributed by atoms with E-state index in [0.717, 1.165) is 15.4 Å². The first-order chi connectivity index (χ1) is 9.33. The van der Waals surface area contributed by atoms with Gasteiger partial charge in [-0.2, -0.15) is 0 Å². The van der Waals surface area contributed by atoms with E-state index >= 15 is 0 Å². The van der Waals surface area contributed by atoms with Crippen molar-refractivity contribution in [3.8, 4) is 0 Å². The molecule has 3 N–H and O–H groups in total. The summed E-state index contributed by atoms with van der Waals surface area (Å²) in [7, 11) is -3.59. The molecule has 0 radical (unpaired) electrons. The van der Waals surface area contributed by atoms with E-state index in [9.17, 15) is 8.42 Å². The van der Waals surface area contributed by atoms with Crippen molar-refractivity contribution >= 4 is 37.8 Å². The van der Waals surface area contributed by atoms with Crippen LogP contribution in [0.4, 0.5) is 5.13 Å². The molecule has 2 aromatic rings. The quantitative estimate of drug-likeness (QED) is 0.882. The largest absolute Gasteiger partial charge is 0.326 e. The molecule has 0 bridgehead atoms. The topological polar surface area (TPSA) is 85.1 Å². The average Bonchev–Trinajstić information content (AvgIpc) is 2.95. The summed E-state index contributed by atoms with van der Waals surface area (Å²) in [6.07, 6.45) is 0. The predicted octanol–water partition coefficient (Wildman–Crippen LogP) is 2.90. The third-order valence-electron chi connectivity index (χ3n) is 2.75. The maximum absolute atomic E-state index is 12.4. The standard InChI is InChI=1S/C12H17N3O2S3/c1-7(2)10-6-18-12(14-10)15-20(16,17)11-4-9(5-13)19-8(11)3/h4,6-7H,5,13H2,1-3H3,(H,14,15). The van der Waals surface area contributed by atoms with Gasteiger partial charge in [0.1, 0.15) is 4.90 Å². The summed E-state index contributed by atoms with van der Waals surface area (Å²) in [5.41, 5.74) is 6.44. The van der Waals surface area contributed by atoms with Crippen LogP contribution in [0.5, 0.6) is 0 Å². The van der Waals surface area contributed by atoms with E-state index in [-0.39, 0.29) is 10.8 Å². The van der Waals surface area contributed by atoms with Crippen molar-refractivity contribution in [2.45, 2.75) is 38.1 Å². The highest BCUT2D eigenvalue weighted by Gasteiger charge is 2.21. The molecule has 0 aliphatic carbocycles. The normalized spacial score (nSPS) is 12.1. The first-order valence-electron chi connectivity index (χ1n) is 6.11. The molecule has 0 fully saturated rings. The lowest BCUT2D eigenvalue weighted by atomic mass is 10.2. The number of aryl methyl sites for hydroxylation is 1. The summed E-state index contributed by atoms with van der Waals surface area (Å²) in [5.74, 6) is 0.274. The number of rotatable bonds is 5. The zero-order valence-electron chi connectivity index (χ0n) is 11.5. The number of sulfonamides is 1. The fraction of sp³-hybridized carbons (Fsp3) is 0.417. The van der Waals surface area contributed by atoms with Crippen LogP contribution < -0.4 is 10.5 Å². The highest BCUT2D eigenvalue weighted by atomic mass is 32.2. The van der Waals surface area contributed by atoms with Crippen LogP contribution in [0, 0.1) is 6.92 Å². The minimum Gasteiger partial charge on any atom is -0.326 e. The first-order valence-corrected chi connectivity index (χ1v) is 9.29. The number of aromatic nitrogens is 1. The maximum Gasteiger partial charge on any atom is 0.264 e. The van der Waals surface area contributed by atoms with Crippen LogP contribution in [0.25, 0.3) is 0 Å². The molecule has 2 rings (SSSR count). The molecule has 0 saturated heterocycles. The second-order valence-electron chi connectivity index (χ2n) is 4.67. The summed E-state index contributed by atoms with van der Waals surface area (Å²) < 4.78 is 27.2. The third-order valence-corrected chi connectivity index (χ3v) is 6.32. The van der Waals surface area contributed by atoms with Crippen molar-refractivity contribution in [3.05, 3.63) is 26.9 Å². The molecular weight excluding hydrogens is 314 g/mol. The van der Waals surface area contributed by atoms with Crippen molar-refractivity contribution in [2.75, 3.05) is 4.72 Å². The van der Waals surface area contributed by atoms with Gasteiger partial charge >= 0.3 is 0 Å². The molecule has 110 valence electrons. The van der Waals surface area contributed by atoms with Crippen LogP contribution in [-0.4, -0.2) is 13.4 Å². The van der Waals surface area contributed by atoms with Crippen molar-refractivity contribution < 1.29 is 8.42 Å². The highest BCUT2D eigenvalue weighted by molar-refractivity contribution is 7.93. The Balaban J connectivity index is 2.28. The molecule has 5 nitrogen and oxygen atoms in total. The zero-order valence-corrected chi connectivity index (χ0v) is 14.0. The number of nitrogens with one attached hydrogen (secondary N) is 1. The molecule has 0 spiro atoms. The molecule has 0 aromatic carbocycles. The Morgan fingerprint density at radius 2 is 2.15 bits per heavy atom. The molecule has 0 unspecified atom stereocenters. The summed E-state index contributed by atoms with van der Waals surface area (Å²) in [4.78, 5) is 6.15. The molecule has 0 aliphatic heterocycles. The van der Waals surface area contributed by atoms with E-state index in [1.54, 1.807) is 13.0 Å². The van der Waals surface area contributed by atoms with Gasteiger partial charge in [0.15, 0.2) is 5.13 Å². The van der Waals surface area contributed by atoms with E-state index in [1.807, 2.05) is 19.2 Å². The van der Waals surface area contributed by atoms with Crippen LogP contribution in [0.15, 0.2) is 16.3 Å². The van der Waals surface area contributed by atoms with Gasteiger partial charge in [0, 0.05) is 21.7 Å². The summed E-state index contributed by atoms with van der Waals surface area (Å²) >= 11 is 2.70. The average molecular weight is 331 g/mol. The van der Waals surface area contributed by atoms with Gasteiger partial charge in [-0.25, -0.2) is 13.4 Å². The Bertz CT molecular complexity index is 701. The Kier molecular flexibility index (Phi) is 4.48. The lowest BCUT2D eigenvalue weighted by molar-refractivity contribution is 0.601.